The van der Waals surface area contributed by atoms with Gasteiger partial charge in [-0.2, -0.15) is 0 Å². The van der Waals surface area contributed by atoms with Crippen LogP contribution in [0.4, 0.5) is 0 Å². The quantitative estimate of drug-likeness (QED) is 0.775. The van der Waals surface area contributed by atoms with E-state index < -0.39 is 0 Å². The zero-order valence-corrected chi connectivity index (χ0v) is 8.67. The van der Waals surface area contributed by atoms with Crippen molar-refractivity contribution in [3.05, 3.63) is 17.5 Å². The number of carbonyl (C=O) groups is 1. The van der Waals surface area contributed by atoms with E-state index in [0.717, 1.165) is 24.3 Å². The van der Waals surface area contributed by atoms with Gasteiger partial charge in [0.05, 0.1) is 5.69 Å². The predicted molar refractivity (Wildman–Crippen MR) is 52.9 cm³/mol. The Labute approximate surface area is 83.7 Å². The molecule has 1 heterocycles. The lowest BCUT2D eigenvalue weighted by Crippen LogP contribution is -2.25. The highest BCUT2D eigenvalue weighted by Crippen LogP contribution is 2.01. The molecule has 1 N–H and O–H groups in total. The van der Waals surface area contributed by atoms with Crippen molar-refractivity contribution in [2.24, 2.45) is 0 Å². The van der Waals surface area contributed by atoms with E-state index in [1.54, 1.807) is 0 Å². The Morgan fingerprint density at radius 2 is 2.43 bits per heavy atom. The molecule has 4 nitrogen and oxygen atoms in total. The van der Waals surface area contributed by atoms with Crippen molar-refractivity contribution in [2.75, 3.05) is 6.54 Å². The molecule has 0 aliphatic carbocycles. The van der Waals surface area contributed by atoms with Crippen LogP contribution in [0.2, 0.25) is 0 Å². The zero-order valence-electron chi connectivity index (χ0n) is 8.67. The van der Waals surface area contributed by atoms with Crippen molar-refractivity contribution in [1.29, 1.82) is 0 Å². The molecule has 0 aliphatic heterocycles. The van der Waals surface area contributed by atoms with Gasteiger partial charge >= 0.3 is 0 Å². The first-order valence-corrected chi connectivity index (χ1v) is 4.91. The number of hydrogen-bond acceptors (Lipinski definition) is 3. The third-order valence-electron chi connectivity index (χ3n) is 1.86. The Balaban J connectivity index is 2.18. The number of carbonyl (C=O) groups excluding carboxylic acids is 1. The molecule has 1 aromatic rings. The molecule has 0 saturated carbocycles. The third-order valence-corrected chi connectivity index (χ3v) is 1.86. The highest BCUT2D eigenvalue weighted by molar-refractivity contribution is 5.75. The third kappa shape index (κ3) is 3.60. The summed E-state index contributed by atoms with van der Waals surface area (Å²) in [6.45, 7) is 4.47. The van der Waals surface area contributed by atoms with Gasteiger partial charge in [0.25, 0.3) is 0 Å². The van der Waals surface area contributed by atoms with Crippen molar-refractivity contribution >= 4 is 5.91 Å². The topological polar surface area (TPSA) is 55.1 Å². The number of amides is 1. The Bertz CT molecular complexity index is 294. The van der Waals surface area contributed by atoms with Gasteiger partial charge in [-0.1, -0.05) is 12.1 Å². The Morgan fingerprint density at radius 3 is 3.00 bits per heavy atom. The second-order valence-corrected chi connectivity index (χ2v) is 3.28. The second kappa shape index (κ2) is 5.42. The first kappa shape index (κ1) is 10.8. The molecule has 1 amide bonds. The van der Waals surface area contributed by atoms with E-state index in [4.69, 9.17) is 4.52 Å². The molecule has 0 radical (unpaired) electrons. The summed E-state index contributed by atoms with van der Waals surface area (Å²) in [5.41, 5.74) is 0.888. The monoisotopic (exact) mass is 196 g/mol. The Morgan fingerprint density at radius 1 is 1.64 bits per heavy atom. The van der Waals surface area contributed by atoms with Gasteiger partial charge in [-0.15, -0.1) is 0 Å². The molecular formula is C10H16N2O2. The lowest BCUT2D eigenvalue weighted by molar-refractivity contribution is -0.121. The summed E-state index contributed by atoms with van der Waals surface area (Å²) in [5.74, 6) is 0.910. The van der Waals surface area contributed by atoms with E-state index in [1.807, 2.05) is 19.9 Å². The molecule has 0 bridgehead atoms. The predicted octanol–water partition coefficient (Wildman–Crippen LogP) is 1.44. The maximum atomic E-state index is 11.1. The summed E-state index contributed by atoms with van der Waals surface area (Å²) in [4.78, 5) is 11.1. The molecule has 14 heavy (non-hydrogen) atoms. The molecule has 4 heteroatoms. The maximum Gasteiger partial charge on any atom is 0.219 e. The largest absolute Gasteiger partial charge is 0.361 e. The minimum Gasteiger partial charge on any atom is -0.361 e. The van der Waals surface area contributed by atoms with Gasteiger partial charge in [0.1, 0.15) is 5.76 Å². The van der Waals surface area contributed by atoms with Crippen molar-refractivity contribution in [3.63, 3.8) is 0 Å². The highest BCUT2D eigenvalue weighted by Gasteiger charge is 2.01. The van der Waals surface area contributed by atoms with E-state index in [-0.39, 0.29) is 5.91 Å². The molecule has 0 aliphatic rings. The van der Waals surface area contributed by atoms with Gasteiger partial charge < -0.3 is 9.84 Å². The van der Waals surface area contributed by atoms with Crippen molar-refractivity contribution in [1.82, 2.24) is 10.5 Å². The van der Waals surface area contributed by atoms with Crippen LogP contribution in [0.25, 0.3) is 0 Å². The van der Waals surface area contributed by atoms with E-state index in [2.05, 4.69) is 10.5 Å². The van der Waals surface area contributed by atoms with Crippen molar-refractivity contribution in [3.8, 4) is 0 Å². The molecule has 0 aromatic carbocycles. The second-order valence-electron chi connectivity index (χ2n) is 3.28. The van der Waals surface area contributed by atoms with E-state index in [9.17, 15) is 4.79 Å². The summed E-state index contributed by atoms with van der Waals surface area (Å²) in [6, 6.07) is 1.88. The van der Waals surface area contributed by atoms with Gasteiger partial charge in [0, 0.05) is 25.5 Å². The van der Waals surface area contributed by atoms with E-state index >= 15 is 0 Å². The number of rotatable bonds is 5. The molecule has 1 rings (SSSR count). The SMILES string of the molecule is CCCC(=O)NCCc1cc(C)on1. The fraction of sp³-hybridized carbons (Fsp3) is 0.600. The van der Waals surface area contributed by atoms with Crippen LogP contribution in [0.5, 0.6) is 0 Å². The molecule has 0 unspecified atom stereocenters. The minimum absolute atomic E-state index is 0.104. The van der Waals surface area contributed by atoms with E-state index in [0.29, 0.717) is 13.0 Å². The van der Waals surface area contributed by atoms with Crippen LogP contribution < -0.4 is 5.32 Å². The normalized spacial score (nSPS) is 10.1. The van der Waals surface area contributed by atoms with Crippen molar-refractivity contribution < 1.29 is 9.32 Å². The average Bonchev–Trinajstić information content (AvgIpc) is 2.52. The Kier molecular flexibility index (Phi) is 4.16. The molecule has 0 saturated heterocycles. The highest BCUT2D eigenvalue weighted by atomic mass is 16.5. The van der Waals surface area contributed by atoms with Crippen LogP contribution in [0.1, 0.15) is 31.2 Å². The number of hydrogen-bond donors (Lipinski definition) is 1. The fourth-order valence-electron chi connectivity index (χ4n) is 1.18. The number of nitrogens with one attached hydrogen (secondary N) is 1. The smallest absolute Gasteiger partial charge is 0.219 e. The minimum atomic E-state index is 0.104. The molecule has 0 spiro atoms. The van der Waals surface area contributed by atoms with Gasteiger partial charge in [-0.05, 0) is 13.3 Å². The van der Waals surface area contributed by atoms with Crippen LogP contribution in [-0.2, 0) is 11.2 Å². The molecule has 1 aromatic heterocycles. The number of aryl methyl sites for hydroxylation is 1. The number of nitrogens with zero attached hydrogens (tertiary/aromatic N) is 1. The van der Waals surface area contributed by atoms with Crippen molar-refractivity contribution in [2.45, 2.75) is 33.1 Å². The Hall–Kier alpha value is -1.32. The van der Waals surface area contributed by atoms with E-state index in [1.165, 1.54) is 0 Å². The van der Waals surface area contributed by atoms with Crippen LogP contribution >= 0.6 is 0 Å². The first-order valence-electron chi connectivity index (χ1n) is 4.91. The van der Waals surface area contributed by atoms with Crippen LogP contribution in [-0.4, -0.2) is 17.6 Å². The lowest BCUT2D eigenvalue weighted by atomic mass is 10.3. The summed E-state index contributed by atoms with van der Waals surface area (Å²) in [7, 11) is 0. The van der Waals surface area contributed by atoms with Crippen LogP contribution in [0.3, 0.4) is 0 Å². The summed E-state index contributed by atoms with van der Waals surface area (Å²) < 4.78 is 4.91. The summed E-state index contributed by atoms with van der Waals surface area (Å²) in [5, 5.41) is 6.65. The lowest BCUT2D eigenvalue weighted by Gasteiger charge is -2.01. The van der Waals surface area contributed by atoms with Gasteiger partial charge in [-0.3, -0.25) is 4.79 Å². The molecule has 0 fully saturated rings. The van der Waals surface area contributed by atoms with Crippen LogP contribution in [0, 0.1) is 6.92 Å². The average molecular weight is 196 g/mol. The maximum absolute atomic E-state index is 11.1. The molecule has 78 valence electrons. The molecular weight excluding hydrogens is 180 g/mol. The fourth-order valence-corrected chi connectivity index (χ4v) is 1.18. The zero-order chi connectivity index (χ0) is 10.4. The number of aromatic nitrogens is 1. The first-order chi connectivity index (χ1) is 6.72. The summed E-state index contributed by atoms with van der Waals surface area (Å²) >= 11 is 0. The summed E-state index contributed by atoms with van der Waals surface area (Å²) in [6.07, 6.45) is 2.21. The van der Waals surface area contributed by atoms with Crippen LogP contribution in [0.15, 0.2) is 10.6 Å². The van der Waals surface area contributed by atoms with Gasteiger partial charge in [-0.25, -0.2) is 0 Å². The van der Waals surface area contributed by atoms with Gasteiger partial charge in [0.2, 0.25) is 5.91 Å². The molecule has 0 atom stereocenters. The standard InChI is InChI=1S/C10H16N2O2/c1-3-4-10(13)11-6-5-9-7-8(2)14-12-9/h7H,3-6H2,1-2H3,(H,11,13). The van der Waals surface area contributed by atoms with Gasteiger partial charge in [0.15, 0.2) is 0 Å².